The molecule has 5 heteroatoms. The average molecular weight is 251 g/mol. The van der Waals surface area contributed by atoms with Gasteiger partial charge in [-0.2, -0.15) is 0 Å². The molecular formula is C13H17NO4. The Morgan fingerprint density at radius 1 is 1.28 bits per heavy atom. The highest BCUT2D eigenvalue weighted by atomic mass is 16.5. The average Bonchev–Trinajstić information content (AvgIpc) is 2.36. The molecule has 0 bridgehead atoms. The summed E-state index contributed by atoms with van der Waals surface area (Å²) in [7, 11) is 3.22. The van der Waals surface area contributed by atoms with Crippen LogP contribution in [0.15, 0.2) is 24.3 Å². The Kier molecular flexibility index (Phi) is 5.17. The zero-order valence-corrected chi connectivity index (χ0v) is 10.5. The lowest BCUT2D eigenvalue weighted by molar-refractivity contribution is -0.140. The molecule has 18 heavy (non-hydrogen) atoms. The number of aliphatic carboxylic acids is 1. The van der Waals surface area contributed by atoms with E-state index in [1.54, 1.807) is 14.2 Å². The molecule has 0 saturated carbocycles. The number of carboxylic acids is 1. The van der Waals surface area contributed by atoms with E-state index < -0.39 is 5.97 Å². The Morgan fingerprint density at radius 2 is 1.94 bits per heavy atom. The van der Waals surface area contributed by atoms with Crippen LogP contribution >= 0.6 is 0 Å². The molecule has 1 aromatic rings. The number of methoxy groups -OCH3 is 1. The Balaban J connectivity index is 2.60. The van der Waals surface area contributed by atoms with Crippen LogP contribution in [0, 0.1) is 0 Å². The maximum Gasteiger partial charge on any atom is 0.303 e. The fourth-order valence-electron chi connectivity index (χ4n) is 1.58. The molecule has 0 aliphatic carbocycles. The molecule has 0 aliphatic rings. The molecule has 0 unspecified atom stereocenters. The highest BCUT2D eigenvalue weighted by molar-refractivity contribution is 5.80. The number of amides is 1. The van der Waals surface area contributed by atoms with Gasteiger partial charge in [-0.15, -0.1) is 0 Å². The number of para-hydroxylation sites is 1. The van der Waals surface area contributed by atoms with E-state index in [0.717, 1.165) is 11.3 Å². The van der Waals surface area contributed by atoms with Crippen molar-refractivity contribution in [3.05, 3.63) is 29.8 Å². The van der Waals surface area contributed by atoms with Crippen LogP contribution in [-0.4, -0.2) is 36.0 Å². The summed E-state index contributed by atoms with van der Waals surface area (Å²) in [4.78, 5) is 23.6. The summed E-state index contributed by atoms with van der Waals surface area (Å²) in [6, 6.07) is 7.42. The maximum absolute atomic E-state index is 11.7. The van der Waals surface area contributed by atoms with Crippen LogP contribution < -0.4 is 4.74 Å². The highest BCUT2D eigenvalue weighted by Gasteiger charge is 2.12. The van der Waals surface area contributed by atoms with Gasteiger partial charge in [-0.3, -0.25) is 9.59 Å². The van der Waals surface area contributed by atoms with Crippen molar-refractivity contribution in [1.82, 2.24) is 4.90 Å². The highest BCUT2D eigenvalue weighted by Crippen LogP contribution is 2.18. The molecule has 0 saturated heterocycles. The first-order chi connectivity index (χ1) is 8.54. The molecule has 1 rings (SSSR count). The van der Waals surface area contributed by atoms with Gasteiger partial charge in [0.1, 0.15) is 5.75 Å². The molecule has 0 aromatic heterocycles. The second-order valence-electron chi connectivity index (χ2n) is 3.96. The van der Waals surface area contributed by atoms with Gasteiger partial charge in [0.2, 0.25) is 5.91 Å². The monoisotopic (exact) mass is 251 g/mol. The smallest absolute Gasteiger partial charge is 0.303 e. The lowest BCUT2D eigenvalue weighted by atomic mass is 10.2. The molecule has 0 fully saturated rings. The van der Waals surface area contributed by atoms with E-state index in [2.05, 4.69) is 0 Å². The molecule has 0 heterocycles. The summed E-state index contributed by atoms with van der Waals surface area (Å²) in [6.45, 7) is 0.405. The quantitative estimate of drug-likeness (QED) is 0.832. The first kappa shape index (κ1) is 14.0. The first-order valence-corrected chi connectivity index (χ1v) is 5.62. The van der Waals surface area contributed by atoms with Gasteiger partial charge in [0.25, 0.3) is 0 Å². The molecule has 98 valence electrons. The van der Waals surface area contributed by atoms with Gasteiger partial charge < -0.3 is 14.7 Å². The molecule has 1 N–H and O–H groups in total. The Hall–Kier alpha value is -2.04. The molecular weight excluding hydrogens is 234 g/mol. The van der Waals surface area contributed by atoms with Crippen molar-refractivity contribution in [2.45, 2.75) is 19.4 Å². The molecule has 0 atom stereocenters. The first-order valence-electron chi connectivity index (χ1n) is 5.62. The number of benzene rings is 1. The number of rotatable bonds is 6. The van der Waals surface area contributed by atoms with Crippen molar-refractivity contribution < 1.29 is 19.4 Å². The summed E-state index contributed by atoms with van der Waals surface area (Å²) >= 11 is 0. The second kappa shape index (κ2) is 6.64. The van der Waals surface area contributed by atoms with Crippen molar-refractivity contribution in [3.63, 3.8) is 0 Å². The van der Waals surface area contributed by atoms with Crippen molar-refractivity contribution in [1.29, 1.82) is 0 Å². The van der Waals surface area contributed by atoms with Crippen LogP contribution in [0.25, 0.3) is 0 Å². The van der Waals surface area contributed by atoms with Crippen molar-refractivity contribution in [3.8, 4) is 5.75 Å². The largest absolute Gasteiger partial charge is 0.496 e. The number of hydrogen-bond acceptors (Lipinski definition) is 3. The minimum Gasteiger partial charge on any atom is -0.496 e. The van der Waals surface area contributed by atoms with E-state index in [1.807, 2.05) is 24.3 Å². The number of carbonyl (C=O) groups excluding carboxylic acids is 1. The van der Waals surface area contributed by atoms with E-state index in [-0.39, 0.29) is 18.7 Å². The van der Waals surface area contributed by atoms with E-state index in [4.69, 9.17) is 9.84 Å². The van der Waals surface area contributed by atoms with Gasteiger partial charge in [-0.1, -0.05) is 18.2 Å². The number of nitrogens with zero attached hydrogens (tertiary/aromatic N) is 1. The number of hydrogen-bond donors (Lipinski definition) is 1. The van der Waals surface area contributed by atoms with Crippen LogP contribution in [0.5, 0.6) is 5.75 Å². The van der Waals surface area contributed by atoms with Gasteiger partial charge in [0.05, 0.1) is 13.5 Å². The predicted octanol–water partition coefficient (Wildman–Crippen LogP) is 1.52. The Bertz CT molecular complexity index is 431. The normalized spacial score (nSPS) is 9.89. The third-order valence-electron chi connectivity index (χ3n) is 2.58. The van der Waals surface area contributed by atoms with E-state index in [0.29, 0.717) is 6.54 Å². The third kappa shape index (κ3) is 4.08. The minimum absolute atomic E-state index is 0.0149. The van der Waals surface area contributed by atoms with Crippen LogP contribution in [0.3, 0.4) is 0 Å². The molecule has 1 aromatic carbocycles. The lowest BCUT2D eigenvalue weighted by Crippen LogP contribution is -2.26. The van der Waals surface area contributed by atoms with Crippen molar-refractivity contribution >= 4 is 11.9 Å². The summed E-state index contributed by atoms with van der Waals surface area (Å²) in [5, 5.41) is 8.53. The van der Waals surface area contributed by atoms with Gasteiger partial charge in [-0.05, 0) is 6.07 Å². The molecule has 0 spiro atoms. The Morgan fingerprint density at radius 3 is 2.56 bits per heavy atom. The fourth-order valence-corrected chi connectivity index (χ4v) is 1.58. The van der Waals surface area contributed by atoms with E-state index >= 15 is 0 Å². The summed E-state index contributed by atoms with van der Waals surface area (Å²) in [6.07, 6.45) is -0.129. The second-order valence-corrected chi connectivity index (χ2v) is 3.96. The molecule has 0 aliphatic heterocycles. The van der Waals surface area contributed by atoms with Crippen LogP contribution in [0.1, 0.15) is 18.4 Å². The standard InChI is InChI=1S/C13H17NO4/c1-14(12(15)7-8-13(16)17)9-10-5-3-4-6-11(10)18-2/h3-6H,7-9H2,1-2H3,(H,16,17). The zero-order chi connectivity index (χ0) is 13.5. The van der Waals surface area contributed by atoms with E-state index in [9.17, 15) is 9.59 Å². The number of carbonyl (C=O) groups is 2. The zero-order valence-electron chi connectivity index (χ0n) is 10.5. The van der Waals surface area contributed by atoms with Crippen LogP contribution in [0.2, 0.25) is 0 Å². The van der Waals surface area contributed by atoms with Crippen LogP contribution in [0.4, 0.5) is 0 Å². The van der Waals surface area contributed by atoms with Gasteiger partial charge >= 0.3 is 5.97 Å². The molecule has 1 amide bonds. The predicted molar refractivity (Wildman–Crippen MR) is 66.3 cm³/mol. The number of ether oxygens (including phenoxy) is 1. The Labute approximate surface area is 106 Å². The maximum atomic E-state index is 11.7. The molecule has 5 nitrogen and oxygen atoms in total. The van der Waals surface area contributed by atoms with Crippen molar-refractivity contribution in [2.75, 3.05) is 14.2 Å². The topological polar surface area (TPSA) is 66.8 Å². The SMILES string of the molecule is COc1ccccc1CN(C)C(=O)CCC(=O)O. The fraction of sp³-hybridized carbons (Fsp3) is 0.385. The summed E-state index contributed by atoms with van der Waals surface area (Å²) in [5.41, 5.74) is 0.895. The minimum atomic E-state index is -0.964. The lowest BCUT2D eigenvalue weighted by Gasteiger charge is -2.18. The van der Waals surface area contributed by atoms with Gasteiger partial charge in [0.15, 0.2) is 0 Å². The third-order valence-corrected chi connectivity index (χ3v) is 2.58. The van der Waals surface area contributed by atoms with Gasteiger partial charge in [0, 0.05) is 25.6 Å². The number of carboxylic acid groups (broad SMARTS) is 1. The summed E-state index contributed by atoms with van der Waals surface area (Å²) < 4.78 is 5.19. The molecule has 0 radical (unpaired) electrons. The summed E-state index contributed by atoms with van der Waals surface area (Å²) in [5.74, 6) is -0.437. The van der Waals surface area contributed by atoms with Crippen molar-refractivity contribution in [2.24, 2.45) is 0 Å². The van der Waals surface area contributed by atoms with Gasteiger partial charge in [-0.25, -0.2) is 0 Å². The van der Waals surface area contributed by atoms with E-state index in [1.165, 1.54) is 4.90 Å². The van der Waals surface area contributed by atoms with Crippen LogP contribution in [-0.2, 0) is 16.1 Å².